The zero-order valence-corrected chi connectivity index (χ0v) is 14.9. The number of carbonyl (C=O) groups is 1. The minimum absolute atomic E-state index is 0.0855. The predicted octanol–water partition coefficient (Wildman–Crippen LogP) is 4.99. The van der Waals surface area contributed by atoms with Gasteiger partial charge in [-0.3, -0.25) is 4.79 Å². The molecule has 122 valence electrons. The first kappa shape index (κ1) is 17.6. The van der Waals surface area contributed by atoms with E-state index in [1.165, 1.54) is 11.1 Å². The molecule has 3 heteroatoms. The summed E-state index contributed by atoms with van der Waals surface area (Å²) in [7, 11) is 0. The quantitative estimate of drug-likeness (QED) is 0.726. The summed E-state index contributed by atoms with van der Waals surface area (Å²) in [4.78, 5) is 13.4. The van der Waals surface area contributed by atoms with Gasteiger partial charge in [-0.2, -0.15) is 0 Å². The molecular weight excluding hydrogens is 302 g/mol. The number of thioether (sulfide) groups is 1. The number of amides is 1. The molecule has 1 atom stereocenters. The van der Waals surface area contributed by atoms with E-state index in [9.17, 15) is 4.79 Å². The first-order valence-corrected chi connectivity index (χ1v) is 9.07. The van der Waals surface area contributed by atoms with E-state index in [2.05, 4.69) is 62.5 Å². The Labute approximate surface area is 143 Å². The van der Waals surface area contributed by atoms with Gasteiger partial charge in [0.25, 0.3) is 0 Å². The lowest BCUT2D eigenvalue weighted by Gasteiger charge is -2.21. The van der Waals surface area contributed by atoms with Crippen molar-refractivity contribution < 1.29 is 4.79 Å². The topological polar surface area (TPSA) is 29.1 Å². The Morgan fingerprint density at radius 2 is 1.70 bits per heavy atom. The van der Waals surface area contributed by atoms with Crippen LogP contribution in [-0.4, -0.2) is 11.7 Å². The number of carbonyl (C=O) groups excluding carboxylic acids is 1. The molecule has 2 aromatic carbocycles. The third-order valence-electron chi connectivity index (χ3n) is 3.64. The summed E-state index contributed by atoms with van der Waals surface area (Å²) in [6, 6.07) is 18.6. The molecule has 1 N–H and O–H groups in total. The maximum atomic E-state index is 12.3. The van der Waals surface area contributed by atoms with Crippen molar-refractivity contribution in [2.45, 2.75) is 38.1 Å². The lowest BCUT2D eigenvalue weighted by molar-refractivity contribution is -0.119. The normalized spacial score (nSPS) is 12.2. The zero-order valence-electron chi connectivity index (χ0n) is 14.1. The van der Waals surface area contributed by atoms with E-state index in [4.69, 9.17) is 0 Å². The second kappa shape index (κ2) is 8.78. The standard InChI is InChI=1S/C20H25NOS/c1-15(2)13-19(17-7-5-4-6-8-17)21-20(22)14-23-18-11-9-16(3)10-12-18/h4-12,15,19H,13-14H2,1-3H3,(H,21,22)/t19-/m1/s1. The van der Waals surface area contributed by atoms with E-state index in [1.807, 2.05) is 18.2 Å². The van der Waals surface area contributed by atoms with Crippen LogP contribution in [0, 0.1) is 12.8 Å². The highest BCUT2D eigenvalue weighted by Crippen LogP contribution is 2.22. The van der Waals surface area contributed by atoms with Gasteiger partial charge in [0.05, 0.1) is 11.8 Å². The minimum atomic E-state index is 0.0855. The molecule has 0 heterocycles. The van der Waals surface area contributed by atoms with Crippen molar-refractivity contribution in [1.82, 2.24) is 5.32 Å². The lowest BCUT2D eigenvalue weighted by atomic mass is 9.97. The van der Waals surface area contributed by atoms with E-state index in [-0.39, 0.29) is 11.9 Å². The summed E-state index contributed by atoms with van der Waals surface area (Å²) in [5.41, 5.74) is 2.41. The smallest absolute Gasteiger partial charge is 0.230 e. The van der Waals surface area contributed by atoms with Gasteiger partial charge in [-0.05, 0) is 37.0 Å². The number of aryl methyl sites for hydroxylation is 1. The Morgan fingerprint density at radius 3 is 2.30 bits per heavy atom. The first-order chi connectivity index (χ1) is 11.0. The van der Waals surface area contributed by atoms with Crippen molar-refractivity contribution in [2.75, 3.05) is 5.75 Å². The number of benzene rings is 2. The average molecular weight is 327 g/mol. The molecule has 0 saturated carbocycles. The molecule has 23 heavy (non-hydrogen) atoms. The van der Waals surface area contributed by atoms with Gasteiger partial charge in [0.2, 0.25) is 5.91 Å². The molecule has 2 nitrogen and oxygen atoms in total. The highest BCUT2D eigenvalue weighted by atomic mass is 32.2. The summed E-state index contributed by atoms with van der Waals surface area (Å²) in [6.45, 7) is 6.43. The van der Waals surface area contributed by atoms with Crippen LogP contribution in [0.25, 0.3) is 0 Å². The van der Waals surface area contributed by atoms with Crippen LogP contribution in [0.3, 0.4) is 0 Å². The fraction of sp³-hybridized carbons (Fsp3) is 0.350. The van der Waals surface area contributed by atoms with Crippen LogP contribution in [0.1, 0.15) is 37.4 Å². The number of nitrogens with one attached hydrogen (secondary N) is 1. The summed E-state index contributed by atoms with van der Waals surface area (Å²) >= 11 is 1.58. The Bertz CT molecular complexity index is 607. The third-order valence-corrected chi connectivity index (χ3v) is 4.65. The maximum absolute atomic E-state index is 12.3. The summed E-state index contributed by atoms with van der Waals surface area (Å²) in [5, 5.41) is 3.19. The van der Waals surface area contributed by atoms with Crippen molar-refractivity contribution in [3.05, 3.63) is 65.7 Å². The van der Waals surface area contributed by atoms with Gasteiger partial charge in [0, 0.05) is 4.90 Å². The van der Waals surface area contributed by atoms with Crippen LogP contribution in [0.2, 0.25) is 0 Å². The van der Waals surface area contributed by atoms with Gasteiger partial charge < -0.3 is 5.32 Å². The molecule has 1 amide bonds. The summed E-state index contributed by atoms with van der Waals surface area (Å²) < 4.78 is 0. The molecule has 0 spiro atoms. The molecule has 2 aromatic rings. The van der Waals surface area contributed by atoms with Gasteiger partial charge in [0.15, 0.2) is 0 Å². The lowest BCUT2D eigenvalue weighted by Crippen LogP contribution is -2.30. The van der Waals surface area contributed by atoms with Gasteiger partial charge in [0.1, 0.15) is 0 Å². The molecule has 0 fully saturated rings. The maximum Gasteiger partial charge on any atom is 0.230 e. The van der Waals surface area contributed by atoms with Gasteiger partial charge in [-0.1, -0.05) is 61.9 Å². The fourth-order valence-corrected chi connectivity index (χ4v) is 3.16. The van der Waals surface area contributed by atoms with E-state index in [1.54, 1.807) is 11.8 Å². The fourth-order valence-electron chi connectivity index (χ4n) is 2.45. The van der Waals surface area contributed by atoms with Crippen LogP contribution < -0.4 is 5.32 Å². The predicted molar refractivity (Wildman–Crippen MR) is 98.7 cm³/mol. The Kier molecular flexibility index (Phi) is 6.72. The SMILES string of the molecule is Cc1ccc(SCC(=O)N[C@H](CC(C)C)c2ccccc2)cc1. The number of rotatable bonds is 7. The van der Waals surface area contributed by atoms with Crippen molar-refractivity contribution in [3.63, 3.8) is 0 Å². The van der Waals surface area contributed by atoms with E-state index >= 15 is 0 Å². The molecule has 0 saturated heterocycles. The molecule has 0 radical (unpaired) electrons. The monoisotopic (exact) mass is 327 g/mol. The van der Waals surface area contributed by atoms with Gasteiger partial charge >= 0.3 is 0 Å². The average Bonchev–Trinajstić information content (AvgIpc) is 2.54. The van der Waals surface area contributed by atoms with Crippen molar-refractivity contribution in [2.24, 2.45) is 5.92 Å². The summed E-state index contributed by atoms with van der Waals surface area (Å²) in [5.74, 6) is 1.07. The number of hydrogen-bond donors (Lipinski definition) is 1. The Hall–Kier alpha value is -1.74. The molecule has 0 aromatic heterocycles. The first-order valence-electron chi connectivity index (χ1n) is 8.08. The van der Waals surface area contributed by atoms with Crippen LogP contribution >= 0.6 is 11.8 Å². The molecule has 0 bridgehead atoms. The molecule has 0 aliphatic carbocycles. The molecule has 0 aliphatic rings. The minimum Gasteiger partial charge on any atom is -0.349 e. The number of hydrogen-bond acceptors (Lipinski definition) is 2. The van der Waals surface area contributed by atoms with Crippen LogP contribution in [0.15, 0.2) is 59.5 Å². The zero-order chi connectivity index (χ0) is 16.7. The molecule has 2 rings (SSSR count). The Balaban J connectivity index is 1.93. The van der Waals surface area contributed by atoms with Crippen molar-refractivity contribution >= 4 is 17.7 Å². The van der Waals surface area contributed by atoms with Gasteiger partial charge in [-0.25, -0.2) is 0 Å². The van der Waals surface area contributed by atoms with Crippen LogP contribution in [0.5, 0.6) is 0 Å². The van der Waals surface area contributed by atoms with Crippen LogP contribution in [0.4, 0.5) is 0 Å². The van der Waals surface area contributed by atoms with E-state index < -0.39 is 0 Å². The Morgan fingerprint density at radius 1 is 1.04 bits per heavy atom. The largest absolute Gasteiger partial charge is 0.349 e. The van der Waals surface area contributed by atoms with Crippen molar-refractivity contribution in [1.29, 1.82) is 0 Å². The molecular formula is C20H25NOS. The van der Waals surface area contributed by atoms with Gasteiger partial charge in [-0.15, -0.1) is 11.8 Å². The highest BCUT2D eigenvalue weighted by Gasteiger charge is 2.16. The molecule has 0 unspecified atom stereocenters. The second-order valence-corrected chi connectivity index (χ2v) is 7.31. The highest BCUT2D eigenvalue weighted by molar-refractivity contribution is 8.00. The molecule has 0 aliphatic heterocycles. The summed E-state index contributed by atoms with van der Waals surface area (Å²) in [6.07, 6.45) is 0.949. The van der Waals surface area contributed by atoms with E-state index in [0.717, 1.165) is 11.3 Å². The van der Waals surface area contributed by atoms with E-state index in [0.29, 0.717) is 11.7 Å². The van der Waals surface area contributed by atoms with Crippen molar-refractivity contribution in [3.8, 4) is 0 Å². The third kappa shape index (κ3) is 6.11. The van der Waals surface area contributed by atoms with Crippen LogP contribution in [-0.2, 0) is 4.79 Å². The second-order valence-electron chi connectivity index (χ2n) is 6.26.